The highest BCUT2D eigenvalue weighted by Crippen LogP contribution is 2.30. The van der Waals surface area contributed by atoms with Crippen molar-refractivity contribution in [1.29, 1.82) is 0 Å². The monoisotopic (exact) mass is 336 g/mol. The van der Waals surface area contributed by atoms with Crippen molar-refractivity contribution >= 4 is 38.5 Å². The lowest BCUT2D eigenvalue weighted by atomic mass is 10.1. The molecular weight excluding hydrogens is 324 g/mol. The molecule has 1 aromatic carbocycles. The van der Waals surface area contributed by atoms with Crippen LogP contribution in [0.3, 0.4) is 0 Å². The number of hydrogen-bond donors (Lipinski definition) is 2. The summed E-state index contributed by atoms with van der Waals surface area (Å²) in [5.41, 5.74) is 1.56. The van der Waals surface area contributed by atoms with Crippen LogP contribution >= 0.6 is 15.9 Å². The van der Waals surface area contributed by atoms with Gasteiger partial charge in [-0.15, -0.1) is 0 Å². The molecular formula is C14H13BrN2O3. The first-order valence-electron chi connectivity index (χ1n) is 6.31. The predicted octanol–water partition coefficient (Wildman–Crippen LogP) is 2.90. The van der Waals surface area contributed by atoms with Crippen LogP contribution in [0.1, 0.15) is 16.8 Å². The van der Waals surface area contributed by atoms with Gasteiger partial charge in [0.15, 0.2) is 0 Å². The molecule has 1 atom stereocenters. The molecule has 0 radical (unpaired) electrons. The molecule has 6 heteroatoms. The van der Waals surface area contributed by atoms with Crippen LogP contribution in [0.4, 0.5) is 5.69 Å². The van der Waals surface area contributed by atoms with E-state index in [9.17, 15) is 9.90 Å². The van der Waals surface area contributed by atoms with Gasteiger partial charge in [0.1, 0.15) is 5.56 Å². The second-order valence-corrected chi connectivity index (χ2v) is 5.63. The maximum Gasteiger partial charge on any atom is 0.339 e. The molecule has 3 rings (SSSR count). The van der Waals surface area contributed by atoms with E-state index in [0.29, 0.717) is 18.9 Å². The fraction of sp³-hybridized carbons (Fsp3) is 0.286. The van der Waals surface area contributed by atoms with Gasteiger partial charge in [-0.3, -0.25) is 4.98 Å². The number of rotatable bonds is 3. The van der Waals surface area contributed by atoms with Crippen LogP contribution in [0, 0.1) is 0 Å². The number of pyridine rings is 1. The number of nitrogens with zero attached hydrogens (tertiary/aromatic N) is 1. The molecule has 0 aliphatic carbocycles. The molecule has 0 bridgehead atoms. The maximum atomic E-state index is 11.4. The third kappa shape index (κ3) is 2.48. The summed E-state index contributed by atoms with van der Waals surface area (Å²) in [5, 5.41) is 13.4. The van der Waals surface area contributed by atoms with Crippen molar-refractivity contribution < 1.29 is 14.6 Å². The lowest BCUT2D eigenvalue weighted by molar-refractivity contribution is 0.0697. The van der Waals surface area contributed by atoms with E-state index in [-0.39, 0.29) is 11.6 Å². The Morgan fingerprint density at radius 1 is 1.50 bits per heavy atom. The quantitative estimate of drug-likeness (QED) is 0.901. The number of carboxylic acid groups (broad SMARTS) is 1. The van der Waals surface area contributed by atoms with Crippen LogP contribution in [0.2, 0.25) is 0 Å². The molecule has 1 aliphatic rings. The molecule has 0 amide bonds. The van der Waals surface area contributed by atoms with Crippen LogP contribution < -0.4 is 5.32 Å². The number of aromatic nitrogens is 1. The molecule has 0 unspecified atom stereocenters. The number of hydrogen-bond acceptors (Lipinski definition) is 4. The molecule has 5 nitrogen and oxygen atoms in total. The van der Waals surface area contributed by atoms with Crippen molar-refractivity contribution in [3.63, 3.8) is 0 Å². The van der Waals surface area contributed by atoms with Gasteiger partial charge in [-0.05, 0) is 24.6 Å². The zero-order valence-electron chi connectivity index (χ0n) is 10.6. The lowest BCUT2D eigenvalue weighted by Gasteiger charge is -2.16. The average Bonchev–Trinajstić information content (AvgIpc) is 2.92. The van der Waals surface area contributed by atoms with Crippen LogP contribution in [0.15, 0.2) is 28.9 Å². The minimum atomic E-state index is -0.985. The molecule has 1 saturated heterocycles. The smallest absolute Gasteiger partial charge is 0.339 e. The summed E-state index contributed by atoms with van der Waals surface area (Å²) >= 11 is 3.41. The normalized spacial score (nSPS) is 18.4. The molecule has 2 heterocycles. The van der Waals surface area contributed by atoms with Crippen LogP contribution in [-0.4, -0.2) is 35.3 Å². The number of carbonyl (C=O) groups is 1. The van der Waals surface area contributed by atoms with E-state index < -0.39 is 5.97 Å². The number of ether oxygens (including phenoxy) is 1. The molecule has 104 valence electrons. The van der Waals surface area contributed by atoms with E-state index in [2.05, 4.69) is 26.2 Å². The standard InChI is InChI=1S/C14H13BrN2O3/c15-8-1-2-12-10(5-8)13(11(6-16-12)14(18)19)17-9-3-4-20-7-9/h1-2,5-6,9H,3-4,7H2,(H,16,17)(H,18,19)/t9-/m0/s1. The Balaban J connectivity index is 2.14. The predicted molar refractivity (Wildman–Crippen MR) is 79.2 cm³/mol. The third-order valence-corrected chi connectivity index (χ3v) is 3.83. The van der Waals surface area contributed by atoms with E-state index in [1.54, 1.807) is 0 Å². The van der Waals surface area contributed by atoms with Gasteiger partial charge in [-0.25, -0.2) is 4.79 Å². The zero-order valence-corrected chi connectivity index (χ0v) is 12.2. The first-order valence-corrected chi connectivity index (χ1v) is 7.10. The van der Waals surface area contributed by atoms with Gasteiger partial charge in [0.05, 0.1) is 23.9 Å². The van der Waals surface area contributed by atoms with Crippen molar-refractivity contribution in [3.05, 3.63) is 34.4 Å². The fourth-order valence-corrected chi connectivity index (χ4v) is 2.70. The van der Waals surface area contributed by atoms with E-state index in [1.807, 2.05) is 18.2 Å². The van der Waals surface area contributed by atoms with Crippen molar-refractivity contribution in [2.75, 3.05) is 18.5 Å². The van der Waals surface area contributed by atoms with Gasteiger partial charge in [-0.2, -0.15) is 0 Å². The highest BCUT2D eigenvalue weighted by molar-refractivity contribution is 9.10. The second-order valence-electron chi connectivity index (χ2n) is 4.72. The van der Waals surface area contributed by atoms with E-state index in [1.165, 1.54) is 6.20 Å². The molecule has 2 N–H and O–H groups in total. The van der Waals surface area contributed by atoms with Gasteiger partial charge in [0, 0.05) is 22.7 Å². The largest absolute Gasteiger partial charge is 0.478 e. The zero-order chi connectivity index (χ0) is 14.1. The summed E-state index contributed by atoms with van der Waals surface area (Å²) in [5.74, 6) is -0.985. The molecule has 0 saturated carbocycles. The highest BCUT2D eigenvalue weighted by atomic mass is 79.9. The Kier molecular flexibility index (Phi) is 3.58. The number of anilines is 1. The van der Waals surface area contributed by atoms with Gasteiger partial charge in [0.2, 0.25) is 0 Å². The Morgan fingerprint density at radius 2 is 2.35 bits per heavy atom. The summed E-state index contributed by atoms with van der Waals surface area (Å²) in [6, 6.07) is 5.77. The number of carboxylic acids is 1. The molecule has 20 heavy (non-hydrogen) atoms. The van der Waals surface area contributed by atoms with Gasteiger partial charge in [0.25, 0.3) is 0 Å². The lowest BCUT2D eigenvalue weighted by Crippen LogP contribution is -2.21. The van der Waals surface area contributed by atoms with Crippen molar-refractivity contribution in [1.82, 2.24) is 4.98 Å². The van der Waals surface area contributed by atoms with Crippen molar-refractivity contribution in [2.45, 2.75) is 12.5 Å². The number of halogens is 1. The van der Waals surface area contributed by atoms with Gasteiger partial charge >= 0.3 is 5.97 Å². The molecule has 0 spiro atoms. The van der Waals surface area contributed by atoms with Gasteiger partial charge < -0.3 is 15.2 Å². The summed E-state index contributed by atoms with van der Waals surface area (Å²) in [7, 11) is 0. The summed E-state index contributed by atoms with van der Waals surface area (Å²) < 4.78 is 6.22. The number of fused-ring (bicyclic) bond motifs is 1. The van der Waals surface area contributed by atoms with E-state index in [4.69, 9.17) is 4.74 Å². The summed E-state index contributed by atoms with van der Waals surface area (Å²) in [4.78, 5) is 15.6. The second kappa shape index (κ2) is 5.38. The fourth-order valence-electron chi connectivity index (χ4n) is 2.33. The van der Waals surface area contributed by atoms with E-state index in [0.717, 1.165) is 21.8 Å². The number of benzene rings is 1. The number of aromatic carboxylic acids is 1. The summed E-state index contributed by atoms with van der Waals surface area (Å²) in [6.07, 6.45) is 2.27. The Labute approximate surface area is 124 Å². The molecule has 1 fully saturated rings. The van der Waals surface area contributed by atoms with Crippen LogP contribution in [-0.2, 0) is 4.74 Å². The Bertz CT molecular complexity index is 669. The van der Waals surface area contributed by atoms with Crippen LogP contribution in [0.5, 0.6) is 0 Å². The average molecular weight is 337 g/mol. The Hall–Kier alpha value is -1.66. The van der Waals surface area contributed by atoms with Gasteiger partial charge in [-0.1, -0.05) is 15.9 Å². The topological polar surface area (TPSA) is 71.5 Å². The maximum absolute atomic E-state index is 11.4. The van der Waals surface area contributed by atoms with E-state index >= 15 is 0 Å². The molecule has 2 aromatic rings. The first kappa shape index (κ1) is 13.3. The highest BCUT2D eigenvalue weighted by Gasteiger charge is 2.21. The SMILES string of the molecule is O=C(O)c1cnc2ccc(Br)cc2c1N[C@H]1CCOC1. The molecule has 1 aromatic heterocycles. The van der Waals surface area contributed by atoms with Crippen molar-refractivity contribution in [2.24, 2.45) is 0 Å². The minimum absolute atomic E-state index is 0.137. The minimum Gasteiger partial charge on any atom is -0.478 e. The third-order valence-electron chi connectivity index (χ3n) is 3.34. The number of nitrogens with one attached hydrogen (secondary N) is 1. The van der Waals surface area contributed by atoms with Crippen molar-refractivity contribution in [3.8, 4) is 0 Å². The first-order chi connectivity index (χ1) is 9.65. The molecule has 1 aliphatic heterocycles. The summed E-state index contributed by atoms with van der Waals surface area (Å²) in [6.45, 7) is 1.30. The Morgan fingerprint density at radius 3 is 3.05 bits per heavy atom. The van der Waals surface area contributed by atoms with Crippen LogP contribution in [0.25, 0.3) is 10.9 Å².